The fourth-order valence-electron chi connectivity index (χ4n) is 4.34. The maximum atomic E-state index is 13.2. The summed E-state index contributed by atoms with van der Waals surface area (Å²) in [5, 5.41) is 3.09. The standard InChI is InChI=1S/C22H30N6O3/c1-2-3-11-28-19-17(9-6-10-23-19)25-18(21(28)30)20(29)26-12-14-27(15-13-26)22(31)24-16-7-4-5-8-16/h6,9-10,16H,2-5,7-8,11-15H2,1H3,(H,24,31). The number of rotatable bonds is 5. The van der Waals surface area contributed by atoms with Crippen molar-refractivity contribution in [3.05, 3.63) is 34.4 Å². The molecular weight excluding hydrogens is 396 g/mol. The highest BCUT2D eigenvalue weighted by molar-refractivity contribution is 5.93. The first kappa shape index (κ1) is 21.3. The number of nitrogens with one attached hydrogen (secondary N) is 1. The predicted octanol–water partition coefficient (Wildman–Crippen LogP) is 2.00. The van der Waals surface area contributed by atoms with Crippen LogP contribution in [0.1, 0.15) is 55.9 Å². The summed E-state index contributed by atoms with van der Waals surface area (Å²) in [7, 11) is 0. The molecule has 0 spiro atoms. The van der Waals surface area contributed by atoms with Crippen molar-refractivity contribution in [1.29, 1.82) is 0 Å². The van der Waals surface area contributed by atoms with Crippen molar-refractivity contribution in [3.8, 4) is 0 Å². The molecule has 0 atom stereocenters. The van der Waals surface area contributed by atoms with Gasteiger partial charge in [-0.3, -0.25) is 14.2 Å². The van der Waals surface area contributed by atoms with E-state index >= 15 is 0 Å². The smallest absolute Gasteiger partial charge is 0.317 e. The van der Waals surface area contributed by atoms with Gasteiger partial charge in [-0.15, -0.1) is 0 Å². The first-order valence-electron chi connectivity index (χ1n) is 11.3. The van der Waals surface area contributed by atoms with Crippen LogP contribution >= 0.6 is 0 Å². The Hall–Kier alpha value is -2.97. The highest BCUT2D eigenvalue weighted by atomic mass is 16.2. The van der Waals surface area contributed by atoms with E-state index in [2.05, 4.69) is 22.2 Å². The van der Waals surface area contributed by atoms with Gasteiger partial charge in [0.15, 0.2) is 11.3 Å². The van der Waals surface area contributed by atoms with Crippen molar-refractivity contribution < 1.29 is 9.59 Å². The maximum absolute atomic E-state index is 13.2. The largest absolute Gasteiger partial charge is 0.335 e. The van der Waals surface area contributed by atoms with Crippen LogP contribution in [0.3, 0.4) is 0 Å². The second-order valence-corrected chi connectivity index (χ2v) is 8.33. The van der Waals surface area contributed by atoms with E-state index in [1.807, 2.05) is 0 Å². The lowest BCUT2D eigenvalue weighted by molar-refractivity contribution is 0.0655. The zero-order chi connectivity index (χ0) is 21.8. The minimum Gasteiger partial charge on any atom is -0.335 e. The van der Waals surface area contributed by atoms with E-state index in [9.17, 15) is 14.4 Å². The number of aryl methyl sites for hydroxylation is 1. The molecule has 9 nitrogen and oxygen atoms in total. The van der Waals surface area contributed by atoms with Gasteiger partial charge in [0.25, 0.3) is 11.5 Å². The summed E-state index contributed by atoms with van der Waals surface area (Å²) in [4.78, 5) is 50.8. The number of carbonyl (C=O) groups excluding carboxylic acids is 2. The maximum Gasteiger partial charge on any atom is 0.317 e. The van der Waals surface area contributed by atoms with Crippen LogP contribution in [0.2, 0.25) is 0 Å². The number of piperazine rings is 1. The Balaban J connectivity index is 1.48. The fourth-order valence-corrected chi connectivity index (χ4v) is 4.34. The van der Waals surface area contributed by atoms with Gasteiger partial charge in [-0.1, -0.05) is 26.2 Å². The summed E-state index contributed by atoms with van der Waals surface area (Å²) in [5.74, 6) is -0.378. The summed E-state index contributed by atoms with van der Waals surface area (Å²) in [5.41, 5.74) is 0.577. The molecule has 4 rings (SSSR count). The highest BCUT2D eigenvalue weighted by Crippen LogP contribution is 2.18. The van der Waals surface area contributed by atoms with Crippen molar-refractivity contribution in [1.82, 2.24) is 29.7 Å². The van der Waals surface area contributed by atoms with E-state index in [-0.39, 0.29) is 23.7 Å². The minimum atomic E-state index is -0.397. The molecule has 2 aliphatic rings. The molecule has 1 saturated heterocycles. The Morgan fingerprint density at radius 3 is 2.55 bits per heavy atom. The minimum absolute atomic E-state index is 0.0594. The summed E-state index contributed by atoms with van der Waals surface area (Å²) >= 11 is 0. The Morgan fingerprint density at radius 1 is 1.13 bits per heavy atom. The molecule has 0 bridgehead atoms. The molecule has 1 saturated carbocycles. The first-order chi connectivity index (χ1) is 15.1. The van der Waals surface area contributed by atoms with Gasteiger partial charge in [0.05, 0.1) is 0 Å². The molecule has 2 fully saturated rings. The van der Waals surface area contributed by atoms with Crippen molar-refractivity contribution in [3.63, 3.8) is 0 Å². The second-order valence-electron chi connectivity index (χ2n) is 8.33. The van der Waals surface area contributed by atoms with E-state index in [1.54, 1.807) is 32.7 Å². The summed E-state index contributed by atoms with van der Waals surface area (Å²) in [6.45, 7) is 4.22. The van der Waals surface area contributed by atoms with Gasteiger partial charge in [-0.2, -0.15) is 0 Å². The third-order valence-electron chi connectivity index (χ3n) is 6.18. The third kappa shape index (κ3) is 4.55. The van der Waals surface area contributed by atoms with Gasteiger partial charge in [0.1, 0.15) is 5.52 Å². The number of carbonyl (C=O) groups is 2. The number of urea groups is 1. The van der Waals surface area contributed by atoms with Crippen molar-refractivity contribution in [2.75, 3.05) is 26.2 Å². The molecule has 31 heavy (non-hydrogen) atoms. The lowest BCUT2D eigenvalue weighted by Crippen LogP contribution is -2.55. The van der Waals surface area contributed by atoms with Crippen LogP contribution in [0.25, 0.3) is 11.2 Å². The molecule has 2 aromatic rings. The lowest BCUT2D eigenvalue weighted by atomic mass is 10.2. The zero-order valence-corrected chi connectivity index (χ0v) is 18.0. The number of hydrogen-bond donors (Lipinski definition) is 1. The second kappa shape index (κ2) is 9.45. The van der Waals surface area contributed by atoms with Crippen LogP contribution in [-0.2, 0) is 6.54 Å². The van der Waals surface area contributed by atoms with Crippen LogP contribution < -0.4 is 10.9 Å². The first-order valence-corrected chi connectivity index (χ1v) is 11.3. The quantitative estimate of drug-likeness (QED) is 0.788. The molecule has 1 aliphatic carbocycles. The molecule has 1 aliphatic heterocycles. The van der Waals surface area contributed by atoms with Gasteiger partial charge >= 0.3 is 6.03 Å². The van der Waals surface area contributed by atoms with E-state index in [0.29, 0.717) is 43.9 Å². The van der Waals surface area contributed by atoms with E-state index in [0.717, 1.165) is 38.5 Å². The van der Waals surface area contributed by atoms with Gasteiger partial charge in [0.2, 0.25) is 0 Å². The number of amides is 3. The van der Waals surface area contributed by atoms with Gasteiger partial charge in [-0.25, -0.2) is 14.8 Å². The molecule has 1 N–H and O–H groups in total. The molecule has 2 aromatic heterocycles. The molecular formula is C22H30N6O3. The normalized spacial score (nSPS) is 17.3. The van der Waals surface area contributed by atoms with Crippen LogP contribution in [0.4, 0.5) is 4.79 Å². The van der Waals surface area contributed by atoms with Crippen LogP contribution in [0.15, 0.2) is 23.1 Å². The molecule has 166 valence electrons. The van der Waals surface area contributed by atoms with E-state index in [4.69, 9.17) is 0 Å². The van der Waals surface area contributed by atoms with Crippen LogP contribution in [-0.4, -0.2) is 68.5 Å². The number of fused-ring (bicyclic) bond motifs is 1. The van der Waals surface area contributed by atoms with Gasteiger partial charge in [0, 0.05) is 45.0 Å². The Bertz CT molecular complexity index is 1010. The molecule has 3 amide bonds. The Kier molecular flexibility index (Phi) is 6.48. The monoisotopic (exact) mass is 426 g/mol. The molecule has 3 heterocycles. The number of aromatic nitrogens is 3. The predicted molar refractivity (Wildman–Crippen MR) is 117 cm³/mol. The summed E-state index contributed by atoms with van der Waals surface area (Å²) in [6, 6.07) is 3.73. The van der Waals surface area contributed by atoms with Crippen LogP contribution in [0, 0.1) is 0 Å². The number of unbranched alkanes of at least 4 members (excludes halogenated alkanes) is 1. The van der Waals surface area contributed by atoms with Crippen molar-refractivity contribution in [2.24, 2.45) is 0 Å². The van der Waals surface area contributed by atoms with Crippen molar-refractivity contribution in [2.45, 2.75) is 58.0 Å². The van der Waals surface area contributed by atoms with Gasteiger partial charge in [-0.05, 0) is 31.4 Å². The third-order valence-corrected chi connectivity index (χ3v) is 6.18. The molecule has 0 aromatic carbocycles. The summed E-state index contributed by atoms with van der Waals surface area (Å²) < 4.78 is 1.56. The number of pyridine rings is 1. The van der Waals surface area contributed by atoms with Crippen LogP contribution in [0.5, 0.6) is 0 Å². The van der Waals surface area contributed by atoms with E-state index in [1.165, 1.54) is 0 Å². The number of hydrogen-bond acceptors (Lipinski definition) is 5. The Morgan fingerprint density at radius 2 is 1.84 bits per heavy atom. The average Bonchev–Trinajstić information content (AvgIpc) is 3.31. The molecule has 0 unspecified atom stereocenters. The number of nitrogens with zero attached hydrogens (tertiary/aromatic N) is 5. The molecule has 9 heteroatoms. The molecule has 0 radical (unpaired) electrons. The van der Waals surface area contributed by atoms with Gasteiger partial charge < -0.3 is 15.1 Å². The SMILES string of the molecule is CCCCn1c(=O)c(C(=O)N2CCN(C(=O)NC3CCCC3)CC2)nc2cccnc21. The van der Waals surface area contributed by atoms with Crippen molar-refractivity contribution >= 4 is 23.1 Å². The highest BCUT2D eigenvalue weighted by Gasteiger charge is 2.29. The summed E-state index contributed by atoms with van der Waals surface area (Å²) in [6.07, 6.45) is 7.78. The fraction of sp³-hybridized carbons (Fsp3) is 0.591. The Labute approximate surface area is 181 Å². The zero-order valence-electron chi connectivity index (χ0n) is 18.0. The lowest BCUT2D eigenvalue weighted by Gasteiger charge is -2.35. The average molecular weight is 427 g/mol. The topological polar surface area (TPSA) is 100 Å². The van der Waals surface area contributed by atoms with E-state index < -0.39 is 5.56 Å².